The number of oxazole rings is 2. The minimum atomic E-state index is -0.379. The van der Waals surface area contributed by atoms with Crippen molar-refractivity contribution in [3.8, 4) is 5.75 Å². The normalized spacial score (nSPS) is 11.1. The molecule has 166 valence electrons. The Labute approximate surface area is 187 Å². The fourth-order valence-corrected chi connectivity index (χ4v) is 3.55. The Balaban J connectivity index is 1.42. The van der Waals surface area contributed by atoms with Crippen LogP contribution in [0.2, 0.25) is 0 Å². The molecule has 1 amide bonds. The van der Waals surface area contributed by atoms with Gasteiger partial charge >= 0.3 is 6.09 Å². The van der Waals surface area contributed by atoms with E-state index in [9.17, 15) is 4.79 Å². The maximum Gasteiger partial charge on any atom is 0.415 e. The summed E-state index contributed by atoms with van der Waals surface area (Å²) in [5.74, 6) is 2.69. The first kappa shape index (κ1) is 21.6. The zero-order valence-electron chi connectivity index (χ0n) is 18.8. The lowest BCUT2D eigenvalue weighted by molar-refractivity contribution is 0.152. The quantitative estimate of drug-likeness (QED) is 0.380. The van der Waals surface area contributed by atoms with Crippen LogP contribution in [0.5, 0.6) is 5.75 Å². The molecule has 0 spiro atoms. The number of hydrogen-bond donors (Lipinski definition) is 0. The van der Waals surface area contributed by atoms with Gasteiger partial charge in [-0.25, -0.2) is 14.8 Å². The highest BCUT2D eigenvalue weighted by molar-refractivity contribution is 5.74. The molecular weight excluding hydrogens is 406 g/mol. The van der Waals surface area contributed by atoms with E-state index in [-0.39, 0.29) is 6.09 Å². The van der Waals surface area contributed by atoms with Gasteiger partial charge < -0.3 is 18.5 Å². The summed E-state index contributed by atoms with van der Waals surface area (Å²) in [6.45, 7) is 8.63. The van der Waals surface area contributed by atoms with E-state index >= 15 is 0 Å². The van der Waals surface area contributed by atoms with E-state index in [1.807, 2.05) is 58.0 Å². The number of aryl methyl sites for hydroxylation is 5. The third-order valence-electron chi connectivity index (χ3n) is 5.31. The summed E-state index contributed by atoms with van der Waals surface area (Å²) in [4.78, 5) is 23.3. The average Bonchev–Trinajstić information content (AvgIpc) is 3.32. The fourth-order valence-electron chi connectivity index (χ4n) is 3.55. The van der Waals surface area contributed by atoms with Crippen LogP contribution in [0.15, 0.2) is 51.3 Å². The second kappa shape index (κ2) is 9.26. The molecule has 0 fully saturated rings. The van der Waals surface area contributed by atoms with E-state index in [0.29, 0.717) is 43.5 Å². The summed E-state index contributed by atoms with van der Waals surface area (Å²) >= 11 is 0. The lowest BCUT2D eigenvalue weighted by Gasteiger charge is -2.20. The van der Waals surface area contributed by atoms with Gasteiger partial charge in [0.15, 0.2) is 17.4 Å². The van der Waals surface area contributed by atoms with Gasteiger partial charge in [-0.3, -0.25) is 0 Å². The molecule has 0 bridgehead atoms. The minimum Gasteiger partial charge on any atom is -0.446 e. The molecule has 0 radical (unpaired) electrons. The number of amides is 1. The molecule has 0 unspecified atom stereocenters. The number of ether oxygens (including phenoxy) is 1. The van der Waals surface area contributed by atoms with Crippen molar-refractivity contribution >= 4 is 17.2 Å². The molecule has 0 saturated heterocycles. The predicted octanol–water partition coefficient (Wildman–Crippen LogP) is 5.55. The molecule has 4 rings (SSSR count). The summed E-state index contributed by atoms with van der Waals surface area (Å²) in [5, 5.41) is 0. The van der Waals surface area contributed by atoms with Crippen molar-refractivity contribution < 1.29 is 18.4 Å². The van der Waals surface area contributed by atoms with E-state index in [1.165, 1.54) is 0 Å². The van der Waals surface area contributed by atoms with Gasteiger partial charge in [0.25, 0.3) is 0 Å². The molecular formula is C25H27N3O4. The van der Waals surface area contributed by atoms with Gasteiger partial charge in [-0.1, -0.05) is 23.8 Å². The van der Waals surface area contributed by atoms with Crippen molar-refractivity contribution in [1.82, 2.24) is 14.9 Å². The Morgan fingerprint density at radius 3 is 2.47 bits per heavy atom. The molecule has 0 aliphatic heterocycles. The number of fused-ring (bicyclic) bond motifs is 1. The maximum atomic E-state index is 12.6. The summed E-state index contributed by atoms with van der Waals surface area (Å²) < 4.78 is 16.9. The van der Waals surface area contributed by atoms with Gasteiger partial charge in [0.2, 0.25) is 0 Å². The van der Waals surface area contributed by atoms with Crippen LogP contribution in [0, 0.1) is 20.8 Å². The highest BCUT2D eigenvalue weighted by atomic mass is 16.6. The van der Waals surface area contributed by atoms with Crippen LogP contribution in [0.4, 0.5) is 4.79 Å². The number of carbonyl (C=O) groups is 1. The molecule has 32 heavy (non-hydrogen) atoms. The number of hydrogen-bond acceptors (Lipinski definition) is 6. The van der Waals surface area contributed by atoms with Crippen LogP contribution in [0.3, 0.4) is 0 Å². The van der Waals surface area contributed by atoms with Crippen molar-refractivity contribution in [3.05, 3.63) is 76.8 Å². The van der Waals surface area contributed by atoms with Crippen LogP contribution < -0.4 is 4.74 Å². The third-order valence-corrected chi connectivity index (χ3v) is 5.31. The average molecular weight is 434 g/mol. The van der Waals surface area contributed by atoms with Gasteiger partial charge in [0.1, 0.15) is 17.0 Å². The first-order valence-corrected chi connectivity index (χ1v) is 10.8. The van der Waals surface area contributed by atoms with Crippen molar-refractivity contribution in [3.63, 3.8) is 0 Å². The summed E-state index contributed by atoms with van der Waals surface area (Å²) in [5.41, 5.74) is 4.50. The SMILES string of the molecule is CCN(Cc1ccc2oc(CCc3nc(C)oc3C)nc2c1)C(=O)Oc1ccc(C)cc1. The monoisotopic (exact) mass is 433 g/mol. The molecule has 0 atom stereocenters. The molecule has 7 heteroatoms. The number of aromatic nitrogens is 2. The molecule has 0 aliphatic rings. The van der Waals surface area contributed by atoms with Crippen LogP contribution in [0.1, 0.15) is 41.3 Å². The zero-order chi connectivity index (χ0) is 22.7. The first-order valence-electron chi connectivity index (χ1n) is 10.8. The minimum absolute atomic E-state index is 0.379. The number of nitrogens with zero attached hydrogens (tertiary/aromatic N) is 3. The van der Waals surface area contributed by atoms with Gasteiger partial charge in [-0.15, -0.1) is 0 Å². The second-order valence-corrected chi connectivity index (χ2v) is 7.84. The van der Waals surface area contributed by atoms with Crippen LogP contribution in [-0.4, -0.2) is 27.5 Å². The lowest BCUT2D eigenvalue weighted by Crippen LogP contribution is -2.32. The van der Waals surface area contributed by atoms with Gasteiger partial charge in [0.05, 0.1) is 5.69 Å². The first-order chi connectivity index (χ1) is 15.4. The van der Waals surface area contributed by atoms with E-state index in [4.69, 9.17) is 13.6 Å². The topological polar surface area (TPSA) is 81.6 Å². The van der Waals surface area contributed by atoms with Gasteiger partial charge in [-0.2, -0.15) is 0 Å². The Morgan fingerprint density at radius 1 is 1.00 bits per heavy atom. The highest BCUT2D eigenvalue weighted by Gasteiger charge is 2.16. The molecule has 0 saturated carbocycles. The van der Waals surface area contributed by atoms with Crippen LogP contribution in [-0.2, 0) is 19.4 Å². The Bertz CT molecular complexity index is 1220. The fraction of sp³-hybridized carbons (Fsp3) is 0.320. The Hall–Kier alpha value is -3.61. The smallest absolute Gasteiger partial charge is 0.415 e. The van der Waals surface area contributed by atoms with Crippen molar-refractivity contribution in [2.45, 2.75) is 47.1 Å². The Morgan fingerprint density at radius 2 is 1.78 bits per heavy atom. The van der Waals surface area contributed by atoms with E-state index in [1.54, 1.807) is 17.0 Å². The Kier molecular flexibility index (Phi) is 6.25. The van der Waals surface area contributed by atoms with Crippen LogP contribution in [0.25, 0.3) is 11.1 Å². The molecule has 0 aliphatic carbocycles. The van der Waals surface area contributed by atoms with E-state index in [2.05, 4.69) is 9.97 Å². The van der Waals surface area contributed by atoms with Gasteiger partial charge in [-0.05, 0) is 50.6 Å². The molecule has 4 aromatic rings. The molecule has 0 N–H and O–H groups in total. The van der Waals surface area contributed by atoms with Gasteiger partial charge in [0, 0.05) is 32.9 Å². The highest BCUT2D eigenvalue weighted by Crippen LogP contribution is 2.21. The number of rotatable bonds is 7. The lowest BCUT2D eigenvalue weighted by atomic mass is 10.2. The van der Waals surface area contributed by atoms with Crippen molar-refractivity contribution in [1.29, 1.82) is 0 Å². The second-order valence-electron chi connectivity index (χ2n) is 7.84. The zero-order valence-corrected chi connectivity index (χ0v) is 18.8. The van der Waals surface area contributed by atoms with E-state index in [0.717, 1.165) is 33.7 Å². The summed E-state index contributed by atoms with van der Waals surface area (Å²) in [6.07, 6.45) is 0.966. The largest absolute Gasteiger partial charge is 0.446 e. The molecule has 2 aromatic heterocycles. The maximum absolute atomic E-state index is 12.6. The third kappa shape index (κ3) is 4.99. The molecule has 2 aromatic carbocycles. The van der Waals surface area contributed by atoms with Crippen LogP contribution >= 0.6 is 0 Å². The summed E-state index contributed by atoms with van der Waals surface area (Å²) in [6, 6.07) is 13.2. The van der Waals surface area contributed by atoms with Crippen molar-refractivity contribution in [2.24, 2.45) is 0 Å². The van der Waals surface area contributed by atoms with E-state index < -0.39 is 0 Å². The summed E-state index contributed by atoms with van der Waals surface area (Å²) in [7, 11) is 0. The molecule has 2 heterocycles. The molecule has 7 nitrogen and oxygen atoms in total. The standard InChI is InChI=1S/C25H27N3O4/c1-5-28(25(29)31-20-9-6-16(2)7-10-20)15-19-8-12-23-22(14-19)27-24(32-23)13-11-21-17(3)30-18(4)26-21/h6-10,12,14H,5,11,13,15H2,1-4H3. The van der Waals surface area contributed by atoms with Crippen molar-refractivity contribution in [2.75, 3.05) is 6.54 Å². The number of carbonyl (C=O) groups excluding carboxylic acids is 1. The predicted molar refractivity (Wildman–Crippen MR) is 121 cm³/mol. The number of benzene rings is 2.